The average Bonchev–Trinajstić information content (AvgIpc) is 3.16. The van der Waals surface area contributed by atoms with Crippen LogP contribution in [0.2, 0.25) is 0 Å². The SMILES string of the molecule is O=C1CC(C(=O)Nc2cccc(F)c2)(c2nc3ccccc3[nH]2)N1c1cccc(F)c1. The molecule has 1 aromatic heterocycles. The Morgan fingerprint density at radius 1 is 1.00 bits per heavy atom. The lowest BCUT2D eigenvalue weighted by Crippen LogP contribution is -2.67. The summed E-state index contributed by atoms with van der Waals surface area (Å²) in [5, 5.41) is 2.68. The molecule has 4 aromatic rings. The van der Waals surface area contributed by atoms with Crippen molar-refractivity contribution >= 4 is 34.2 Å². The second-order valence-corrected chi connectivity index (χ2v) is 7.31. The first kappa shape index (κ1) is 18.9. The Labute approximate surface area is 175 Å². The number of aromatic amines is 1. The number of amides is 2. The van der Waals surface area contributed by atoms with Crippen LogP contribution in [0.5, 0.6) is 0 Å². The van der Waals surface area contributed by atoms with Crippen LogP contribution in [0.4, 0.5) is 20.2 Å². The minimum Gasteiger partial charge on any atom is -0.339 e. The number of H-pyrrole nitrogens is 1. The molecule has 6 nitrogen and oxygen atoms in total. The number of halogens is 2. The number of aromatic nitrogens is 2. The monoisotopic (exact) mass is 418 g/mol. The third-order valence-corrected chi connectivity index (χ3v) is 5.34. The van der Waals surface area contributed by atoms with Gasteiger partial charge < -0.3 is 10.3 Å². The molecule has 2 heterocycles. The summed E-state index contributed by atoms with van der Waals surface area (Å²) in [6.45, 7) is 0. The largest absolute Gasteiger partial charge is 0.339 e. The zero-order valence-electron chi connectivity index (χ0n) is 16.1. The van der Waals surface area contributed by atoms with Crippen molar-refractivity contribution in [2.24, 2.45) is 0 Å². The highest BCUT2D eigenvalue weighted by Gasteiger charge is 2.60. The van der Waals surface area contributed by atoms with E-state index in [4.69, 9.17) is 0 Å². The van der Waals surface area contributed by atoms with E-state index in [1.165, 1.54) is 41.3 Å². The number of hydrogen-bond acceptors (Lipinski definition) is 3. The van der Waals surface area contributed by atoms with Gasteiger partial charge in [0.1, 0.15) is 17.5 Å². The van der Waals surface area contributed by atoms with E-state index in [1.807, 2.05) is 12.1 Å². The lowest BCUT2D eigenvalue weighted by atomic mass is 9.81. The van der Waals surface area contributed by atoms with Crippen LogP contribution in [0, 0.1) is 11.6 Å². The summed E-state index contributed by atoms with van der Waals surface area (Å²) < 4.78 is 27.6. The van der Waals surface area contributed by atoms with E-state index in [9.17, 15) is 18.4 Å². The van der Waals surface area contributed by atoms with Crippen molar-refractivity contribution in [3.8, 4) is 0 Å². The molecule has 2 N–H and O–H groups in total. The van der Waals surface area contributed by atoms with Crippen LogP contribution in [0.15, 0.2) is 72.8 Å². The number of nitrogens with zero attached hydrogens (tertiary/aromatic N) is 2. The molecule has 3 aromatic carbocycles. The first-order valence-electron chi connectivity index (χ1n) is 9.58. The van der Waals surface area contributed by atoms with Crippen LogP contribution < -0.4 is 10.2 Å². The van der Waals surface area contributed by atoms with Crippen LogP contribution in [-0.4, -0.2) is 21.8 Å². The molecule has 31 heavy (non-hydrogen) atoms. The summed E-state index contributed by atoms with van der Waals surface area (Å²) in [5.74, 6) is -1.75. The van der Waals surface area contributed by atoms with Gasteiger partial charge in [-0.2, -0.15) is 0 Å². The molecule has 1 saturated heterocycles. The Kier molecular flexibility index (Phi) is 4.28. The van der Waals surface area contributed by atoms with Gasteiger partial charge in [-0.15, -0.1) is 0 Å². The number of rotatable bonds is 4. The molecule has 1 unspecified atom stereocenters. The second kappa shape index (κ2) is 7.02. The molecule has 0 bridgehead atoms. The maximum atomic E-state index is 13.9. The first-order valence-corrected chi connectivity index (χ1v) is 9.58. The number of benzene rings is 3. The number of β-lactam (4-membered cyclic amide) rings is 1. The molecule has 0 saturated carbocycles. The van der Waals surface area contributed by atoms with E-state index in [-0.39, 0.29) is 29.5 Å². The Balaban J connectivity index is 1.65. The van der Waals surface area contributed by atoms with Gasteiger partial charge in [-0.1, -0.05) is 24.3 Å². The van der Waals surface area contributed by atoms with Crippen LogP contribution in [0.25, 0.3) is 11.0 Å². The van der Waals surface area contributed by atoms with E-state index >= 15 is 0 Å². The molecular formula is C23H16F2N4O2. The molecule has 1 aliphatic heterocycles. The summed E-state index contributed by atoms with van der Waals surface area (Å²) in [6, 6.07) is 18.1. The summed E-state index contributed by atoms with van der Waals surface area (Å²) in [5.41, 5.74) is 0.226. The first-order chi connectivity index (χ1) is 15.0. The lowest BCUT2D eigenvalue weighted by molar-refractivity contribution is -0.137. The van der Waals surface area contributed by atoms with Crippen LogP contribution in [0.3, 0.4) is 0 Å². The lowest BCUT2D eigenvalue weighted by Gasteiger charge is -2.48. The van der Waals surface area contributed by atoms with Gasteiger partial charge in [0.05, 0.1) is 17.5 Å². The number of imidazole rings is 1. The number of nitrogens with one attached hydrogen (secondary N) is 2. The van der Waals surface area contributed by atoms with Crippen molar-refractivity contribution in [2.75, 3.05) is 10.2 Å². The maximum Gasteiger partial charge on any atom is 0.259 e. The van der Waals surface area contributed by atoms with Crippen LogP contribution in [-0.2, 0) is 15.1 Å². The summed E-state index contributed by atoms with van der Waals surface area (Å²) in [7, 11) is 0. The van der Waals surface area contributed by atoms with Gasteiger partial charge in [-0.05, 0) is 48.5 Å². The number of fused-ring (bicyclic) bond motifs is 1. The summed E-state index contributed by atoms with van der Waals surface area (Å²) in [6.07, 6.45) is -0.176. The molecule has 1 fully saturated rings. The molecular weight excluding hydrogens is 402 g/mol. The van der Waals surface area contributed by atoms with Gasteiger partial charge >= 0.3 is 0 Å². The summed E-state index contributed by atoms with van der Waals surface area (Å²) in [4.78, 5) is 35.1. The highest BCUT2D eigenvalue weighted by Crippen LogP contribution is 2.45. The van der Waals surface area contributed by atoms with Crippen LogP contribution in [0.1, 0.15) is 12.2 Å². The molecule has 0 spiro atoms. The molecule has 1 atom stereocenters. The van der Waals surface area contributed by atoms with E-state index < -0.39 is 23.1 Å². The van der Waals surface area contributed by atoms with Crippen molar-refractivity contribution in [2.45, 2.75) is 12.0 Å². The molecule has 0 aliphatic carbocycles. The molecule has 8 heteroatoms. The zero-order chi connectivity index (χ0) is 21.6. The van der Waals surface area contributed by atoms with E-state index in [0.717, 1.165) is 0 Å². The number of hydrogen-bond donors (Lipinski definition) is 2. The van der Waals surface area contributed by atoms with Crippen molar-refractivity contribution in [1.82, 2.24) is 9.97 Å². The smallest absolute Gasteiger partial charge is 0.259 e. The fourth-order valence-electron chi connectivity index (χ4n) is 3.91. The molecule has 0 radical (unpaired) electrons. The van der Waals surface area contributed by atoms with Crippen molar-refractivity contribution in [3.63, 3.8) is 0 Å². The van der Waals surface area contributed by atoms with Gasteiger partial charge in [-0.3, -0.25) is 14.5 Å². The fraction of sp³-hybridized carbons (Fsp3) is 0.0870. The average molecular weight is 418 g/mol. The molecule has 1 aliphatic rings. The quantitative estimate of drug-likeness (QED) is 0.490. The topological polar surface area (TPSA) is 78.1 Å². The highest BCUT2D eigenvalue weighted by molar-refractivity contribution is 6.16. The van der Waals surface area contributed by atoms with E-state index in [2.05, 4.69) is 15.3 Å². The van der Waals surface area contributed by atoms with Crippen molar-refractivity contribution in [1.29, 1.82) is 0 Å². The number of carbonyl (C=O) groups excluding carboxylic acids is 2. The van der Waals surface area contributed by atoms with Crippen molar-refractivity contribution < 1.29 is 18.4 Å². The van der Waals surface area contributed by atoms with E-state index in [0.29, 0.717) is 11.0 Å². The molecule has 154 valence electrons. The maximum absolute atomic E-state index is 13.9. The third kappa shape index (κ3) is 3.04. The van der Waals surface area contributed by atoms with Gasteiger partial charge in [0.2, 0.25) is 5.91 Å². The normalized spacial score (nSPS) is 18.1. The second-order valence-electron chi connectivity index (χ2n) is 7.31. The van der Waals surface area contributed by atoms with Gasteiger partial charge in [0.25, 0.3) is 5.91 Å². The van der Waals surface area contributed by atoms with Gasteiger partial charge in [0, 0.05) is 11.4 Å². The number of para-hydroxylation sites is 2. The third-order valence-electron chi connectivity index (χ3n) is 5.34. The highest BCUT2D eigenvalue weighted by atomic mass is 19.1. The predicted molar refractivity (Wildman–Crippen MR) is 111 cm³/mol. The Morgan fingerprint density at radius 2 is 1.74 bits per heavy atom. The minimum atomic E-state index is -1.55. The van der Waals surface area contributed by atoms with Gasteiger partial charge in [-0.25, -0.2) is 13.8 Å². The Morgan fingerprint density at radius 3 is 2.45 bits per heavy atom. The Bertz CT molecular complexity index is 1300. The Hall–Kier alpha value is -4.07. The molecule has 2 amide bonds. The fourth-order valence-corrected chi connectivity index (χ4v) is 3.91. The predicted octanol–water partition coefficient (Wildman–Crippen LogP) is 4.11. The van der Waals surface area contributed by atoms with E-state index in [1.54, 1.807) is 24.3 Å². The molecule has 5 rings (SSSR count). The van der Waals surface area contributed by atoms with Crippen LogP contribution >= 0.6 is 0 Å². The number of carbonyl (C=O) groups is 2. The van der Waals surface area contributed by atoms with Gasteiger partial charge in [0.15, 0.2) is 5.54 Å². The standard InChI is InChI=1S/C23H16F2N4O2/c24-14-5-3-7-16(11-14)26-22(31)23(21-27-18-9-1-2-10-19(18)28-21)13-20(30)29(23)17-8-4-6-15(25)12-17/h1-12H,13H2,(H,26,31)(H,27,28). The van der Waals surface area contributed by atoms with Crippen molar-refractivity contribution in [3.05, 3.63) is 90.3 Å². The minimum absolute atomic E-state index is 0.176. The number of anilines is 2. The summed E-state index contributed by atoms with van der Waals surface area (Å²) >= 11 is 0. The zero-order valence-corrected chi connectivity index (χ0v) is 16.1.